The Bertz CT molecular complexity index is 826. The molecule has 7 nitrogen and oxygen atoms in total. The SMILES string of the molecule is Cc1ccccc1C1(CNC2=NCC3CN(C(=O)OC(C)(C)C)CCN23)CCOCC1. The van der Waals surface area contributed by atoms with Crippen LogP contribution < -0.4 is 5.32 Å². The minimum Gasteiger partial charge on any atom is -0.444 e. The van der Waals surface area contributed by atoms with Crippen LogP contribution in [0.15, 0.2) is 29.3 Å². The summed E-state index contributed by atoms with van der Waals surface area (Å²) in [5.41, 5.74) is 2.34. The Morgan fingerprint density at radius 2 is 2.00 bits per heavy atom. The van der Waals surface area contributed by atoms with E-state index in [0.717, 1.165) is 45.1 Å². The van der Waals surface area contributed by atoms with Gasteiger partial charge in [0.15, 0.2) is 5.96 Å². The van der Waals surface area contributed by atoms with Crippen LogP contribution >= 0.6 is 0 Å². The zero-order valence-corrected chi connectivity index (χ0v) is 19.3. The van der Waals surface area contributed by atoms with Crippen molar-refractivity contribution in [2.75, 3.05) is 45.9 Å². The van der Waals surface area contributed by atoms with Crippen LogP contribution in [0.25, 0.3) is 0 Å². The number of aliphatic imine (C=N–C) groups is 1. The molecule has 3 aliphatic rings. The van der Waals surface area contributed by atoms with E-state index in [0.29, 0.717) is 19.6 Å². The summed E-state index contributed by atoms with van der Waals surface area (Å²) in [5.74, 6) is 0.966. The average molecular weight is 429 g/mol. The smallest absolute Gasteiger partial charge is 0.410 e. The summed E-state index contributed by atoms with van der Waals surface area (Å²) < 4.78 is 11.3. The molecule has 1 unspecified atom stereocenters. The van der Waals surface area contributed by atoms with Crippen molar-refractivity contribution in [1.82, 2.24) is 15.1 Å². The number of carbonyl (C=O) groups is 1. The molecule has 0 spiro atoms. The molecule has 0 aromatic heterocycles. The largest absolute Gasteiger partial charge is 0.444 e. The van der Waals surface area contributed by atoms with Gasteiger partial charge in [-0.2, -0.15) is 0 Å². The normalized spacial score (nSPS) is 23.2. The number of nitrogens with one attached hydrogen (secondary N) is 1. The summed E-state index contributed by atoms with van der Waals surface area (Å²) in [7, 11) is 0. The van der Waals surface area contributed by atoms with Crippen molar-refractivity contribution in [1.29, 1.82) is 0 Å². The van der Waals surface area contributed by atoms with E-state index in [1.807, 2.05) is 25.7 Å². The lowest BCUT2D eigenvalue weighted by molar-refractivity contribution is 0.0136. The predicted octanol–water partition coefficient (Wildman–Crippen LogP) is 2.92. The highest BCUT2D eigenvalue weighted by molar-refractivity contribution is 5.82. The maximum atomic E-state index is 12.5. The number of amides is 1. The third kappa shape index (κ3) is 4.81. The minimum atomic E-state index is -0.472. The molecular weight excluding hydrogens is 392 g/mol. The maximum absolute atomic E-state index is 12.5. The van der Waals surface area contributed by atoms with Gasteiger partial charge in [0.2, 0.25) is 0 Å². The molecular formula is C24H36N4O3. The standard InChI is InChI=1S/C24H36N4O3/c1-18-7-5-6-8-20(18)24(9-13-30-14-10-24)17-26-21-25-15-19-16-27(11-12-28(19)21)22(29)31-23(2,3)4/h5-8,19H,9-17H2,1-4H3,(H,25,26). The summed E-state index contributed by atoms with van der Waals surface area (Å²) in [4.78, 5) is 21.4. The number of fused-ring (bicyclic) bond motifs is 1. The number of guanidine groups is 1. The molecule has 0 saturated carbocycles. The molecule has 31 heavy (non-hydrogen) atoms. The van der Waals surface area contributed by atoms with Crippen LogP contribution in [0, 0.1) is 6.92 Å². The number of aryl methyl sites for hydroxylation is 1. The number of piperazine rings is 1. The van der Waals surface area contributed by atoms with E-state index in [1.54, 1.807) is 0 Å². The number of benzene rings is 1. The highest BCUT2D eigenvalue weighted by Gasteiger charge is 2.39. The topological polar surface area (TPSA) is 66.4 Å². The number of carbonyl (C=O) groups excluding carboxylic acids is 1. The lowest BCUT2D eigenvalue weighted by Crippen LogP contribution is -2.58. The predicted molar refractivity (Wildman–Crippen MR) is 122 cm³/mol. The van der Waals surface area contributed by atoms with Crippen LogP contribution in [0.5, 0.6) is 0 Å². The van der Waals surface area contributed by atoms with Crippen molar-refractivity contribution in [2.24, 2.45) is 4.99 Å². The van der Waals surface area contributed by atoms with Crippen molar-refractivity contribution >= 4 is 12.1 Å². The molecule has 1 aromatic rings. The van der Waals surface area contributed by atoms with Gasteiger partial charge in [0.1, 0.15) is 5.60 Å². The molecule has 1 N–H and O–H groups in total. The lowest BCUT2D eigenvalue weighted by Gasteiger charge is -2.41. The number of hydrogen-bond acceptors (Lipinski definition) is 6. The van der Waals surface area contributed by atoms with Gasteiger partial charge < -0.3 is 24.6 Å². The van der Waals surface area contributed by atoms with Crippen molar-refractivity contribution < 1.29 is 14.3 Å². The van der Waals surface area contributed by atoms with E-state index >= 15 is 0 Å². The van der Waals surface area contributed by atoms with Gasteiger partial charge in [0.05, 0.1) is 12.6 Å². The average Bonchev–Trinajstić information content (AvgIpc) is 3.14. The van der Waals surface area contributed by atoms with Crippen LogP contribution in [0.1, 0.15) is 44.7 Å². The van der Waals surface area contributed by atoms with Crippen molar-refractivity contribution in [3.8, 4) is 0 Å². The molecule has 3 heterocycles. The molecule has 2 fully saturated rings. The van der Waals surface area contributed by atoms with E-state index < -0.39 is 5.60 Å². The van der Waals surface area contributed by atoms with E-state index in [-0.39, 0.29) is 17.6 Å². The first-order valence-corrected chi connectivity index (χ1v) is 11.4. The summed E-state index contributed by atoms with van der Waals surface area (Å²) in [6.07, 6.45) is 1.79. The molecule has 2 saturated heterocycles. The van der Waals surface area contributed by atoms with Gasteiger partial charge in [-0.1, -0.05) is 24.3 Å². The van der Waals surface area contributed by atoms with Crippen molar-refractivity contribution in [3.05, 3.63) is 35.4 Å². The van der Waals surface area contributed by atoms with Gasteiger partial charge in [0, 0.05) is 44.8 Å². The van der Waals surface area contributed by atoms with Gasteiger partial charge in [-0.3, -0.25) is 4.99 Å². The molecule has 0 radical (unpaired) electrons. The van der Waals surface area contributed by atoms with E-state index in [9.17, 15) is 4.79 Å². The van der Waals surface area contributed by atoms with Crippen LogP contribution in [0.3, 0.4) is 0 Å². The van der Waals surface area contributed by atoms with Gasteiger partial charge >= 0.3 is 6.09 Å². The zero-order chi connectivity index (χ0) is 22.1. The summed E-state index contributed by atoms with van der Waals surface area (Å²) in [5, 5.41) is 3.69. The first-order chi connectivity index (χ1) is 14.8. The Kier molecular flexibility index (Phi) is 6.15. The fraction of sp³-hybridized carbons (Fsp3) is 0.667. The highest BCUT2D eigenvalue weighted by Crippen LogP contribution is 2.36. The van der Waals surface area contributed by atoms with Gasteiger partial charge in [0.25, 0.3) is 0 Å². The Balaban J connectivity index is 1.40. The second-order valence-corrected chi connectivity index (χ2v) is 10.00. The molecule has 1 amide bonds. The molecule has 170 valence electrons. The van der Waals surface area contributed by atoms with E-state index in [2.05, 4.69) is 41.4 Å². The van der Waals surface area contributed by atoms with Crippen LogP contribution in [0.4, 0.5) is 4.79 Å². The quantitative estimate of drug-likeness (QED) is 0.802. The molecule has 1 aromatic carbocycles. The van der Waals surface area contributed by atoms with E-state index in [4.69, 9.17) is 14.5 Å². The minimum absolute atomic E-state index is 0.0581. The fourth-order valence-corrected chi connectivity index (χ4v) is 4.94. The first-order valence-electron chi connectivity index (χ1n) is 11.4. The molecule has 1 atom stereocenters. The molecule has 0 aliphatic carbocycles. The van der Waals surface area contributed by atoms with Crippen LogP contribution in [-0.2, 0) is 14.9 Å². The Morgan fingerprint density at radius 3 is 2.71 bits per heavy atom. The van der Waals surface area contributed by atoms with Crippen LogP contribution in [-0.4, -0.2) is 79.4 Å². The maximum Gasteiger partial charge on any atom is 0.410 e. The van der Waals surface area contributed by atoms with Crippen molar-refractivity contribution in [2.45, 2.75) is 57.6 Å². The molecule has 4 rings (SSSR count). The number of hydrogen-bond donors (Lipinski definition) is 1. The van der Waals surface area contributed by atoms with Gasteiger partial charge in [-0.05, 0) is 51.7 Å². The Morgan fingerprint density at radius 1 is 1.26 bits per heavy atom. The van der Waals surface area contributed by atoms with Gasteiger partial charge in [-0.25, -0.2) is 4.79 Å². The van der Waals surface area contributed by atoms with E-state index in [1.165, 1.54) is 11.1 Å². The Labute approximate surface area is 185 Å². The van der Waals surface area contributed by atoms with Crippen LogP contribution in [0.2, 0.25) is 0 Å². The summed E-state index contributed by atoms with van der Waals surface area (Å²) in [6.45, 7) is 13.1. The third-order valence-electron chi connectivity index (χ3n) is 6.61. The first kappa shape index (κ1) is 21.9. The fourth-order valence-electron chi connectivity index (χ4n) is 4.94. The Hall–Kier alpha value is -2.28. The van der Waals surface area contributed by atoms with Gasteiger partial charge in [-0.15, -0.1) is 0 Å². The number of rotatable bonds is 3. The zero-order valence-electron chi connectivity index (χ0n) is 19.3. The second-order valence-electron chi connectivity index (χ2n) is 10.00. The molecule has 0 bridgehead atoms. The number of ether oxygens (including phenoxy) is 2. The number of nitrogens with zero attached hydrogens (tertiary/aromatic N) is 3. The lowest BCUT2D eigenvalue weighted by atomic mass is 9.72. The summed E-state index contributed by atoms with van der Waals surface area (Å²) >= 11 is 0. The van der Waals surface area contributed by atoms with Crippen molar-refractivity contribution in [3.63, 3.8) is 0 Å². The third-order valence-corrected chi connectivity index (χ3v) is 6.61. The molecule has 3 aliphatic heterocycles. The highest BCUT2D eigenvalue weighted by atomic mass is 16.6. The monoisotopic (exact) mass is 428 g/mol. The summed E-state index contributed by atoms with van der Waals surface area (Å²) in [6, 6.07) is 8.92. The molecule has 7 heteroatoms. The second kappa shape index (κ2) is 8.69.